The Labute approximate surface area is 89.3 Å². The van der Waals surface area contributed by atoms with Gasteiger partial charge in [0.25, 0.3) is 5.91 Å². The lowest BCUT2D eigenvalue weighted by Crippen LogP contribution is -2.34. The van der Waals surface area contributed by atoms with E-state index in [1.807, 2.05) is 6.08 Å². The molecule has 2 rings (SSSR count). The summed E-state index contributed by atoms with van der Waals surface area (Å²) in [7, 11) is 0. The van der Waals surface area contributed by atoms with E-state index >= 15 is 0 Å². The molecule has 1 aliphatic heterocycles. The summed E-state index contributed by atoms with van der Waals surface area (Å²) in [5, 5.41) is 4.59. The Morgan fingerprint density at radius 2 is 2.20 bits per heavy atom. The van der Waals surface area contributed by atoms with Crippen LogP contribution in [-0.2, 0) is 16.1 Å². The molecule has 2 aliphatic rings. The van der Waals surface area contributed by atoms with Crippen molar-refractivity contribution in [3.63, 3.8) is 0 Å². The number of carbonyl (C=O) groups is 2. The van der Waals surface area contributed by atoms with Gasteiger partial charge in [-0.1, -0.05) is 18.2 Å². The monoisotopic (exact) mass is 224 g/mol. The highest BCUT2D eigenvalue weighted by Gasteiger charge is 2.34. The van der Waals surface area contributed by atoms with E-state index in [-0.39, 0.29) is 0 Å². The zero-order valence-corrected chi connectivity index (χ0v) is 8.47. The number of nitrogens with one attached hydrogen (secondary N) is 2. The first-order valence-corrected chi connectivity index (χ1v) is 5.10. The lowest BCUT2D eigenvalue weighted by atomic mass is 9.98. The molecule has 5 nitrogen and oxygen atoms in total. The summed E-state index contributed by atoms with van der Waals surface area (Å²) in [6.45, 7) is 0. The van der Waals surface area contributed by atoms with Gasteiger partial charge in [0, 0.05) is 12.0 Å². The summed E-state index contributed by atoms with van der Waals surface area (Å²) in [5.41, 5.74) is 0.584. The zero-order chi connectivity index (χ0) is 10.8. The third-order valence-corrected chi connectivity index (χ3v) is 2.83. The first-order chi connectivity index (χ1) is 7.22. The van der Waals surface area contributed by atoms with Crippen molar-refractivity contribution >= 4 is 28.1 Å². The van der Waals surface area contributed by atoms with E-state index in [9.17, 15) is 13.8 Å². The fourth-order valence-electron chi connectivity index (χ4n) is 1.53. The molecule has 1 heterocycles. The van der Waals surface area contributed by atoms with Gasteiger partial charge >= 0.3 is 6.03 Å². The van der Waals surface area contributed by atoms with Crippen molar-refractivity contribution < 1.29 is 13.8 Å². The molecule has 0 bridgehead atoms. The van der Waals surface area contributed by atoms with Crippen LogP contribution < -0.4 is 10.6 Å². The predicted octanol–water partition coefficient (Wildman–Crippen LogP) is -0.534. The van der Waals surface area contributed by atoms with Crippen molar-refractivity contribution in [1.29, 1.82) is 0 Å². The first-order valence-electron chi connectivity index (χ1n) is 4.36. The van der Waals surface area contributed by atoms with Crippen LogP contribution in [0.2, 0.25) is 0 Å². The number of hydrogen-bond donors (Lipinski definition) is 2. The second kappa shape index (κ2) is 3.82. The van der Waals surface area contributed by atoms with Crippen molar-refractivity contribution in [2.75, 3.05) is 0 Å². The smallest absolute Gasteiger partial charge is 0.322 e. The van der Waals surface area contributed by atoms with Crippen molar-refractivity contribution in [2.45, 2.75) is 12.5 Å². The average molecular weight is 224 g/mol. The molecule has 2 N–H and O–H groups in total. The van der Waals surface area contributed by atoms with Crippen LogP contribution in [0.4, 0.5) is 4.79 Å². The summed E-state index contributed by atoms with van der Waals surface area (Å²) < 4.78 is 10.8. The van der Waals surface area contributed by atoms with Gasteiger partial charge in [-0.15, -0.1) is 0 Å². The van der Waals surface area contributed by atoms with Crippen LogP contribution in [0, 0.1) is 0 Å². The largest absolute Gasteiger partial charge is 0.322 e. The highest BCUT2D eigenvalue weighted by molar-refractivity contribution is 7.67. The van der Waals surface area contributed by atoms with Crippen LogP contribution in [0.5, 0.6) is 0 Å². The van der Waals surface area contributed by atoms with Crippen LogP contribution >= 0.6 is 0 Å². The van der Waals surface area contributed by atoms with Gasteiger partial charge in [-0.25, -0.2) is 9.00 Å². The molecule has 1 saturated heterocycles. The van der Waals surface area contributed by atoms with Crippen LogP contribution in [-0.4, -0.2) is 27.1 Å². The molecule has 1 unspecified atom stereocenters. The third kappa shape index (κ3) is 1.75. The Bertz CT molecular complexity index is 446. The fourth-order valence-corrected chi connectivity index (χ4v) is 1.98. The quantitative estimate of drug-likeness (QED) is 0.464. The second-order valence-electron chi connectivity index (χ2n) is 3.16. The zero-order valence-electron chi connectivity index (χ0n) is 7.65. The van der Waals surface area contributed by atoms with Gasteiger partial charge in [-0.2, -0.15) is 0 Å². The normalized spacial score (nSPS) is 24.7. The van der Waals surface area contributed by atoms with Crippen LogP contribution in [0.15, 0.2) is 23.8 Å². The van der Waals surface area contributed by atoms with Gasteiger partial charge in [0.15, 0.2) is 0 Å². The van der Waals surface area contributed by atoms with Crippen molar-refractivity contribution in [1.82, 2.24) is 10.6 Å². The number of carbonyl (C=O) groups excluding carboxylic acids is 2. The number of urea groups is 1. The molecule has 15 heavy (non-hydrogen) atoms. The van der Waals surface area contributed by atoms with Crippen molar-refractivity contribution in [3.05, 3.63) is 23.8 Å². The maximum absolute atomic E-state index is 11.4. The van der Waals surface area contributed by atoms with E-state index in [0.717, 1.165) is 0 Å². The Morgan fingerprint density at radius 3 is 2.80 bits per heavy atom. The number of amides is 3. The minimum atomic E-state index is -0.723. The van der Waals surface area contributed by atoms with Crippen molar-refractivity contribution in [3.8, 4) is 0 Å². The minimum absolute atomic E-state index is 0.360. The summed E-state index contributed by atoms with van der Waals surface area (Å²) in [6.07, 6.45) is 5.80. The standard InChI is InChI=1S/C9H8N2O3S/c12-8-7(10-9(13)11-8)5-3-1-2-4-6(5)15-14/h1-3,7H,4H2,(H2,10,11,12,13). The molecule has 0 radical (unpaired) electrons. The molecular weight excluding hydrogens is 216 g/mol. The maximum Gasteiger partial charge on any atom is 0.322 e. The SMILES string of the molecule is O=S=C1CC=CC=C1C1NC(=O)NC1=O. The lowest BCUT2D eigenvalue weighted by molar-refractivity contribution is -0.119. The Morgan fingerprint density at radius 1 is 1.40 bits per heavy atom. The molecule has 3 amide bonds. The van der Waals surface area contributed by atoms with Gasteiger partial charge < -0.3 is 5.32 Å². The predicted molar refractivity (Wildman–Crippen MR) is 55.5 cm³/mol. The third-order valence-electron chi connectivity index (χ3n) is 2.22. The lowest BCUT2D eigenvalue weighted by Gasteiger charge is -2.14. The Kier molecular flexibility index (Phi) is 2.51. The molecule has 1 fully saturated rings. The number of imide groups is 1. The summed E-state index contributed by atoms with van der Waals surface area (Å²) >= 11 is 0.360. The molecule has 0 aromatic rings. The maximum atomic E-state index is 11.4. The van der Waals surface area contributed by atoms with Gasteiger partial charge in [0.2, 0.25) is 0 Å². The molecule has 0 aromatic carbocycles. The van der Waals surface area contributed by atoms with E-state index in [0.29, 0.717) is 28.1 Å². The van der Waals surface area contributed by atoms with Crippen LogP contribution in [0.25, 0.3) is 0 Å². The molecule has 1 aliphatic carbocycles. The molecular formula is C9H8N2O3S. The van der Waals surface area contributed by atoms with Gasteiger partial charge in [0.1, 0.15) is 6.04 Å². The molecule has 1 atom stereocenters. The van der Waals surface area contributed by atoms with E-state index < -0.39 is 18.0 Å². The van der Waals surface area contributed by atoms with Crippen LogP contribution in [0.3, 0.4) is 0 Å². The van der Waals surface area contributed by atoms with Crippen LogP contribution in [0.1, 0.15) is 6.42 Å². The molecule has 0 spiro atoms. The van der Waals surface area contributed by atoms with E-state index in [4.69, 9.17) is 0 Å². The van der Waals surface area contributed by atoms with E-state index in [1.54, 1.807) is 12.2 Å². The highest BCUT2D eigenvalue weighted by Crippen LogP contribution is 2.15. The van der Waals surface area contributed by atoms with E-state index in [1.165, 1.54) is 0 Å². The second-order valence-corrected chi connectivity index (χ2v) is 3.82. The summed E-state index contributed by atoms with van der Waals surface area (Å²) in [5.74, 6) is -0.409. The van der Waals surface area contributed by atoms with Gasteiger partial charge in [-0.05, 0) is 0 Å². The number of allylic oxidation sites excluding steroid dienone is 3. The molecule has 0 aromatic heterocycles. The van der Waals surface area contributed by atoms with E-state index in [2.05, 4.69) is 10.6 Å². The molecule has 0 saturated carbocycles. The summed E-state index contributed by atoms with van der Waals surface area (Å²) in [6, 6.07) is -1.24. The molecule has 6 heteroatoms. The number of rotatable bonds is 1. The number of hydrogen-bond acceptors (Lipinski definition) is 3. The first kappa shape index (κ1) is 9.85. The van der Waals surface area contributed by atoms with Gasteiger partial charge in [0.05, 0.1) is 16.1 Å². The summed E-state index contributed by atoms with van der Waals surface area (Å²) in [4.78, 5) is 22.8. The Hall–Kier alpha value is -1.69. The highest BCUT2D eigenvalue weighted by atomic mass is 32.1. The molecule has 78 valence electrons. The topological polar surface area (TPSA) is 75.3 Å². The Balaban J connectivity index is 2.34. The van der Waals surface area contributed by atoms with Gasteiger partial charge in [-0.3, -0.25) is 10.1 Å². The van der Waals surface area contributed by atoms with Crippen molar-refractivity contribution in [2.24, 2.45) is 0 Å². The average Bonchev–Trinajstić information content (AvgIpc) is 2.57. The fraction of sp³-hybridized carbons (Fsp3) is 0.222. The minimum Gasteiger partial charge on any atom is -0.322 e.